The molecule has 4 rings (SSSR count). The fraction of sp³-hybridized carbons (Fsp3) is 0.583. The molecule has 40 heavy (non-hydrogen) atoms. The highest BCUT2D eigenvalue weighted by Crippen LogP contribution is 2.41. The summed E-state index contributed by atoms with van der Waals surface area (Å²) in [5.41, 5.74) is 8.86. The number of aliphatic hydroxyl groups is 1. The summed E-state index contributed by atoms with van der Waals surface area (Å²) < 4.78 is 43.8. The lowest BCUT2D eigenvalue weighted by Gasteiger charge is -2.46. The van der Waals surface area contributed by atoms with Crippen LogP contribution in [0.25, 0.3) is 21.7 Å². The molecule has 0 aliphatic carbocycles. The Balaban J connectivity index is 1.71. The first-order valence-corrected chi connectivity index (χ1v) is 13.3. The molecule has 1 aromatic heterocycles. The quantitative estimate of drug-likeness (QED) is 0.198. The minimum absolute atomic E-state index is 0.0650. The predicted octanol–water partition coefficient (Wildman–Crippen LogP) is 2.03. The minimum atomic E-state index is -1.04. The number of carbonyl (C=O) groups is 2. The molecule has 2 aliphatic rings. The van der Waals surface area contributed by atoms with E-state index >= 15 is 0 Å². The number of esters is 2. The number of benzene rings is 1. The summed E-state index contributed by atoms with van der Waals surface area (Å²) >= 11 is 1.18. The average Bonchev–Trinajstić information content (AvgIpc) is 3.40. The van der Waals surface area contributed by atoms with Gasteiger partial charge in [0, 0.05) is 31.4 Å². The van der Waals surface area contributed by atoms with Crippen molar-refractivity contribution in [2.75, 3.05) is 26.9 Å². The molecule has 0 saturated carbocycles. The molecule has 0 bridgehead atoms. The highest BCUT2D eigenvalue weighted by Gasteiger charge is 2.52. The number of aromatic nitrogens is 3. The van der Waals surface area contributed by atoms with Gasteiger partial charge in [0.05, 0.1) is 36.8 Å². The van der Waals surface area contributed by atoms with Crippen LogP contribution in [0.2, 0.25) is 0 Å². The van der Waals surface area contributed by atoms with Crippen LogP contribution in [0, 0.1) is 5.82 Å². The summed E-state index contributed by atoms with van der Waals surface area (Å²) in [5.74, 6) is -1.63. The minimum Gasteiger partial charge on any atom is -0.463 e. The van der Waals surface area contributed by atoms with Crippen molar-refractivity contribution in [1.29, 1.82) is 0 Å². The summed E-state index contributed by atoms with van der Waals surface area (Å²) in [7, 11) is 1.44. The normalized spacial score (nSPS) is 30.2. The molecule has 0 unspecified atom stereocenters. The van der Waals surface area contributed by atoms with Crippen LogP contribution in [0.15, 0.2) is 35.6 Å². The SMILES string of the molecule is CO[C@@H]1[C@@H](n2cc(-c3cccc(F)c3)nn2)[C@@H](OC(C)=O)[C@@H](COC(C)=O)O[C@H]1S[C@@H]1COC[C@H](N=[N+]=[N-])[C@H]1O. The third-order valence-corrected chi connectivity index (χ3v) is 7.84. The standard InChI is InChI=1S/C24H29FN6O8S/c1-12(32)37-10-18-22(38-13(2)33)20(31-8-16(28-30-31)14-5-4-6-15(25)7-14)23(35-3)24(39-18)40-19-11-36-9-17(21(19)34)27-29-26/h4-8,17-24,34H,9-11H2,1-3H3/t17-,18+,19+,20-,21+,22-,23+,24-/m0/s1. The summed E-state index contributed by atoms with van der Waals surface area (Å²) in [6, 6.07) is 4.19. The molecule has 2 fully saturated rings. The topological polar surface area (TPSA) is 180 Å². The van der Waals surface area contributed by atoms with E-state index in [2.05, 4.69) is 20.3 Å². The Kier molecular flexibility index (Phi) is 9.95. The first-order valence-electron chi connectivity index (χ1n) is 12.3. The Morgan fingerprint density at radius 2 is 2.10 bits per heavy atom. The van der Waals surface area contributed by atoms with Crippen molar-refractivity contribution < 1.29 is 42.8 Å². The maximum atomic E-state index is 13.9. The highest BCUT2D eigenvalue weighted by atomic mass is 32.2. The molecule has 14 nitrogen and oxygen atoms in total. The van der Waals surface area contributed by atoms with Gasteiger partial charge in [-0.3, -0.25) is 9.59 Å². The molecule has 0 amide bonds. The number of nitrogens with zero attached hydrogens (tertiary/aromatic N) is 6. The maximum absolute atomic E-state index is 13.9. The smallest absolute Gasteiger partial charge is 0.303 e. The zero-order valence-electron chi connectivity index (χ0n) is 21.9. The van der Waals surface area contributed by atoms with Gasteiger partial charge in [-0.2, -0.15) is 0 Å². The van der Waals surface area contributed by atoms with Gasteiger partial charge in [-0.15, -0.1) is 16.9 Å². The number of halogens is 1. The van der Waals surface area contributed by atoms with E-state index < -0.39 is 64.9 Å². The van der Waals surface area contributed by atoms with Crippen molar-refractivity contribution in [2.24, 2.45) is 5.11 Å². The molecule has 8 atom stereocenters. The predicted molar refractivity (Wildman–Crippen MR) is 137 cm³/mol. The highest BCUT2D eigenvalue weighted by molar-refractivity contribution is 8.00. The van der Waals surface area contributed by atoms with Crippen LogP contribution in [0.3, 0.4) is 0 Å². The summed E-state index contributed by atoms with van der Waals surface area (Å²) in [6.45, 7) is 2.41. The molecule has 1 N–H and O–H groups in total. The van der Waals surface area contributed by atoms with E-state index in [0.29, 0.717) is 11.3 Å². The fourth-order valence-corrected chi connectivity index (χ4v) is 6.13. The second-order valence-electron chi connectivity index (χ2n) is 9.18. The van der Waals surface area contributed by atoms with Gasteiger partial charge in [0.15, 0.2) is 6.10 Å². The van der Waals surface area contributed by atoms with Gasteiger partial charge in [0.25, 0.3) is 0 Å². The van der Waals surface area contributed by atoms with Gasteiger partial charge in [-0.05, 0) is 17.7 Å². The number of thioether (sulfide) groups is 1. The van der Waals surface area contributed by atoms with Crippen molar-refractivity contribution in [1.82, 2.24) is 15.0 Å². The van der Waals surface area contributed by atoms with Gasteiger partial charge in [0.2, 0.25) is 0 Å². The zero-order valence-corrected chi connectivity index (χ0v) is 22.7. The molecular weight excluding hydrogens is 551 g/mol. The number of hydrogen-bond donors (Lipinski definition) is 1. The van der Waals surface area contributed by atoms with E-state index in [4.69, 9.17) is 29.2 Å². The van der Waals surface area contributed by atoms with Gasteiger partial charge in [-0.1, -0.05) is 22.5 Å². The average molecular weight is 581 g/mol. The fourth-order valence-electron chi connectivity index (χ4n) is 4.64. The van der Waals surface area contributed by atoms with Crippen LogP contribution < -0.4 is 0 Å². The van der Waals surface area contributed by atoms with Gasteiger partial charge in [0.1, 0.15) is 41.8 Å². The van der Waals surface area contributed by atoms with E-state index in [1.165, 1.54) is 49.5 Å². The Morgan fingerprint density at radius 1 is 1.30 bits per heavy atom. The number of ether oxygens (including phenoxy) is 5. The second kappa shape index (κ2) is 13.4. The lowest BCUT2D eigenvalue weighted by Crippen LogP contribution is -2.58. The Bertz CT molecular complexity index is 1250. The van der Waals surface area contributed by atoms with Crippen LogP contribution in [0.4, 0.5) is 4.39 Å². The molecule has 1 aromatic carbocycles. The van der Waals surface area contributed by atoms with E-state index in [-0.39, 0.29) is 19.8 Å². The number of aliphatic hydroxyl groups excluding tert-OH is 1. The van der Waals surface area contributed by atoms with Crippen molar-refractivity contribution in [2.45, 2.75) is 61.0 Å². The van der Waals surface area contributed by atoms with Crippen LogP contribution in [0.5, 0.6) is 0 Å². The molecule has 0 radical (unpaired) electrons. The maximum Gasteiger partial charge on any atom is 0.303 e. The monoisotopic (exact) mass is 580 g/mol. The first kappa shape index (κ1) is 29.7. The summed E-state index contributed by atoms with van der Waals surface area (Å²) in [5, 5.41) is 22.3. The van der Waals surface area contributed by atoms with Crippen molar-refractivity contribution in [3.63, 3.8) is 0 Å². The lowest BCUT2D eigenvalue weighted by molar-refractivity contribution is -0.208. The van der Waals surface area contributed by atoms with E-state index in [1.807, 2.05) is 0 Å². The number of rotatable bonds is 9. The number of azide groups is 1. The summed E-state index contributed by atoms with van der Waals surface area (Å²) in [4.78, 5) is 26.6. The van der Waals surface area contributed by atoms with Crippen LogP contribution in [0.1, 0.15) is 19.9 Å². The summed E-state index contributed by atoms with van der Waals surface area (Å²) in [6.07, 6.45) is -2.31. The molecule has 2 saturated heterocycles. The van der Waals surface area contributed by atoms with Crippen molar-refractivity contribution in [3.05, 3.63) is 46.7 Å². The third kappa shape index (κ3) is 6.89. The molecule has 2 aromatic rings. The Morgan fingerprint density at radius 3 is 2.77 bits per heavy atom. The van der Waals surface area contributed by atoms with Crippen LogP contribution in [-0.4, -0.2) is 100 Å². The van der Waals surface area contributed by atoms with E-state index in [1.54, 1.807) is 18.3 Å². The Labute approximate surface area is 232 Å². The lowest BCUT2D eigenvalue weighted by atomic mass is 9.96. The Hall–Kier alpha value is -3.27. The molecular formula is C24H29FN6O8S. The third-order valence-electron chi connectivity index (χ3n) is 6.43. The number of methoxy groups -OCH3 is 1. The van der Waals surface area contributed by atoms with E-state index in [9.17, 15) is 19.1 Å². The van der Waals surface area contributed by atoms with E-state index in [0.717, 1.165) is 0 Å². The van der Waals surface area contributed by atoms with Crippen molar-refractivity contribution in [3.8, 4) is 11.3 Å². The second-order valence-corrected chi connectivity index (χ2v) is 10.5. The first-order chi connectivity index (χ1) is 19.2. The zero-order chi connectivity index (χ0) is 28.8. The molecule has 3 heterocycles. The molecule has 216 valence electrons. The number of hydrogen-bond acceptors (Lipinski definition) is 12. The largest absolute Gasteiger partial charge is 0.463 e. The van der Waals surface area contributed by atoms with Crippen molar-refractivity contribution >= 4 is 23.7 Å². The van der Waals surface area contributed by atoms with Gasteiger partial charge >= 0.3 is 11.9 Å². The molecule has 16 heteroatoms. The van der Waals surface area contributed by atoms with Gasteiger partial charge in [-0.25, -0.2) is 9.07 Å². The molecule has 2 aliphatic heterocycles. The number of carbonyl (C=O) groups excluding carboxylic acids is 2. The van der Waals surface area contributed by atoms with Gasteiger partial charge < -0.3 is 28.8 Å². The van der Waals surface area contributed by atoms with Crippen LogP contribution in [-0.2, 0) is 33.3 Å². The van der Waals surface area contributed by atoms with Crippen LogP contribution >= 0.6 is 11.8 Å². The molecule has 0 spiro atoms.